The molecule has 1 saturated heterocycles. The molecule has 0 unspecified atom stereocenters. The van der Waals surface area contributed by atoms with Crippen molar-refractivity contribution in [2.45, 2.75) is 82.5 Å². The zero-order valence-corrected chi connectivity index (χ0v) is 25.4. The Morgan fingerprint density at radius 2 is 1.77 bits per heavy atom. The standard InChI is InChI=1S/C31H45N5O3Si/c1-6-16-27(32)28-31(5,39-29(37)36(28)22-15-14-21-34-35-33)24(7-2)23-30(3,4)40(38,25-17-10-8-11-18-25)26-19-12-9-13-20-26/h6,8-13,17-20,24,27-28,38H,1,7,14-16,21-23,32H2,2-5H3/t24-,27+,28+,31+/m0/s1. The molecule has 2 aromatic rings. The third-order valence-electron chi connectivity index (χ3n) is 8.70. The number of nitrogens with two attached hydrogens (primary N) is 1. The topological polar surface area (TPSA) is 125 Å². The van der Waals surface area contributed by atoms with Crippen molar-refractivity contribution >= 4 is 24.8 Å². The monoisotopic (exact) mass is 563 g/mol. The molecule has 0 bridgehead atoms. The minimum Gasteiger partial charge on any atom is -0.441 e. The molecule has 1 fully saturated rings. The Morgan fingerprint density at radius 3 is 2.27 bits per heavy atom. The number of azide groups is 1. The van der Waals surface area contributed by atoms with Crippen LogP contribution in [0.25, 0.3) is 10.4 Å². The van der Waals surface area contributed by atoms with Gasteiger partial charge in [-0.3, -0.25) is 4.90 Å². The molecule has 4 atom stereocenters. The molecule has 2 aromatic carbocycles. The Balaban J connectivity index is 2.00. The van der Waals surface area contributed by atoms with Crippen LogP contribution in [-0.4, -0.2) is 54.9 Å². The largest absolute Gasteiger partial charge is 0.441 e. The summed E-state index contributed by atoms with van der Waals surface area (Å²) in [5.74, 6) is -0.0630. The number of unbranched alkanes of at least 4 members (excludes halogenated alkanes) is 1. The van der Waals surface area contributed by atoms with Crippen molar-refractivity contribution in [2.24, 2.45) is 16.8 Å². The molecule has 1 heterocycles. The summed E-state index contributed by atoms with van der Waals surface area (Å²) >= 11 is 0. The Labute approximate surface area is 240 Å². The van der Waals surface area contributed by atoms with Crippen LogP contribution in [0.5, 0.6) is 0 Å². The predicted octanol–water partition coefficient (Wildman–Crippen LogP) is 5.51. The molecule has 0 aromatic heterocycles. The summed E-state index contributed by atoms with van der Waals surface area (Å²) < 4.78 is 6.27. The molecule has 1 aliphatic rings. The third-order valence-corrected chi connectivity index (χ3v) is 13.2. The van der Waals surface area contributed by atoms with Crippen LogP contribution in [0.4, 0.5) is 4.79 Å². The summed E-state index contributed by atoms with van der Waals surface area (Å²) in [6, 6.07) is 19.3. The number of carbonyl (C=O) groups is 1. The lowest BCUT2D eigenvalue weighted by atomic mass is 9.74. The van der Waals surface area contributed by atoms with Crippen LogP contribution in [0.1, 0.15) is 59.8 Å². The zero-order valence-electron chi connectivity index (χ0n) is 24.4. The summed E-state index contributed by atoms with van der Waals surface area (Å²) in [5, 5.41) is 5.01. The summed E-state index contributed by atoms with van der Waals surface area (Å²) in [4.78, 5) is 30.7. The van der Waals surface area contributed by atoms with E-state index in [9.17, 15) is 9.59 Å². The Kier molecular flexibility index (Phi) is 10.6. The highest BCUT2D eigenvalue weighted by Crippen LogP contribution is 2.49. The van der Waals surface area contributed by atoms with Gasteiger partial charge in [0.2, 0.25) is 0 Å². The zero-order chi connectivity index (χ0) is 29.4. The van der Waals surface area contributed by atoms with E-state index in [0.29, 0.717) is 38.8 Å². The number of carbonyl (C=O) groups excluding carboxylic acids is 1. The van der Waals surface area contributed by atoms with E-state index in [-0.39, 0.29) is 24.1 Å². The molecule has 8 nitrogen and oxygen atoms in total. The van der Waals surface area contributed by atoms with Crippen LogP contribution in [0, 0.1) is 5.92 Å². The van der Waals surface area contributed by atoms with E-state index in [1.807, 2.05) is 67.6 Å². The van der Waals surface area contributed by atoms with Crippen molar-refractivity contribution in [1.29, 1.82) is 0 Å². The number of nitrogens with zero attached hydrogens (tertiary/aromatic N) is 4. The van der Waals surface area contributed by atoms with Crippen molar-refractivity contribution < 1.29 is 14.3 Å². The van der Waals surface area contributed by atoms with E-state index < -0.39 is 19.0 Å². The van der Waals surface area contributed by atoms with Crippen molar-refractivity contribution in [1.82, 2.24) is 4.90 Å². The quantitative estimate of drug-likeness (QED) is 0.0740. The lowest BCUT2D eigenvalue weighted by Gasteiger charge is -2.47. The van der Waals surface area contributed by atoms with Gasteiger partial charge >= 0.3 is 6.09 Å². The Morgan fingerprint density at radius 1 is 1.20 bits per heavy atom. The molecular formula is C31H45N5O3Si. The second-order valence-electron chi connectivity index (χ2n) is 11.7. The molecule has 0 aliphatic carbocycles. The van der Waals surface area contributed by atoms with Crippen molar-refractivity contribution in [3.63, 3.8) is 0 Å². The lowest BCUT2D eigenvalue weighted by molar-refractivity contribution is -0.0182. The minimum absolute atomic E-state index is 0.0630. The van der Waals surface area contributed by atoms with Crippen LogP contribution in [0.3, 0.4) is 0 Å². The van der Waals surface area contributed by atoms with Gasteiger partial charge in [-0.15, -0.1) is 6.58 Å². The molecule has 1 amide bonds. The first-order valence-electron chi connectivity index (χ1n) is 14.3. The van der Waals surface area contributed by atoms with Gasteiger partial charge in [0, 0.05) is 30.0 Å². The molecule has 0 saturated carbocycles. The average molecular weight is 564 g/mol. The third kappa shape index (κ3) is 6.28. The fraction of sp³-hybridized carbons (Fsp3) is 0.516. The molecular weight excluding hydrogens is 518 g/mol. The highest BCUT2D eigenvalue weighted by molar-refractivity contribution is 6.98. The second-order valence-corrected chi connectivity index (χ2v) is 15.6. The van der Waals surface area contributed by atoms with Crippen LogP contribution >= 0.6 is 0 Å². The summed E-state index contributed by atoms with van der Waals surface area (Å²) in [6.07, 6.45) is 4.70. The van der Waals surface area contributed by atoms with Crippen molar-refractivity contribution in [3.05, 3.63) is 83.8 Å². The van der Waals surface area contributed by atoms with Gasteiger partial charge < -0.3 is 15.3 Å². The Hall–Kier alpha value is -3.10. The maximum absolute atomic E-state index is 13.4. The van der Waals surface area contributed by atoms with E-state index >= 15 is 0 Å². The second kappa shape index (κ2) is 13.5. The summed E-state index contributed by atoms with van der Waals surface area (Å²) in [6.45, 7) is 13.2. The average Bonchev–Trinajstić information content (AvgIpc) is 3.21. The minimum atomic E-state index is -3.27. The van der Waals surface area contributed by atoms with Gasteiger partial charge in [-0.05, 0) is 60.0 Å². The maximum Gasteiger partial charge on any atom is 0.410 e. The normalized spacial score (nSPS) is 20.9. The SMILES string of the molecule is C=CC[C@@H](N)[C@H]1N(CCCCN=[N+]=[N-])C(=O)O[C@]1(C)[C@@H](CC)CC(C)(C)[Si](O)(c1ccccc1)c1ccccc1. The van der Waals surface area contributed by atoms with E-state index in [1.165, 1.54) is 0 Å². The van der Waals surface area contributed by atoms with Gasteiger partial charge in [-0.25, -0.2) is 4.79 Å². The number of amides is 1. The molecule has 9 heteroatoms. The predicted molar refractivity (Wildman–Crippen MR) is 164 cm³/mol. The molecule has 40 heavy (non-hydrogen) atoms. The first-order chi connectivity index (χ1) is 19.1. The van der Waals surface area contributed by atoms with Crippen LogP contribution < -0.4 is 16.1 Å². The van der Waals surface area contributed by atoms with Crippen LogP contribution in [0.2, 0.25) is 5.04 Å². The van der Waals surface area contributed by atoms with Gasteiger partial charge in [0.15, 0.2) is 0 Å². The maximum atomic E-state index is 13.4. The number of hydrogen-bond donors (Lipinski definition) is 2. The number of rotatable bonds is 15. The molecule has 0 radical (unpaired) electrons. The first kappa shape index (κ1) is 31.4. The number of benzene rings is 2. The fourth-order valence-electron chi connectivity index (χ4n) is 6.60. The van der Waals surface area contributed by atoms with E-state index in [4.69, 9.17) is 16.0 Å². The van der Waals surface area contributed by atoms with Crippen molar-refractivity contribution in [3.8, 4) is 0 Å². The first-order valence-corrected chi connectivity index (χ1v) is 16.2. The molecule has 0 spiro atoms. The summed E-state index contributed by atoms with van der Waals surface area (Å²) in [7, 11) is -3.27. The molecule has 3 rings (SSSR count). The van der Waals surface area contributed by atoms with Gasteiger partial charge in [-0.1, -0.05) is 92.6 Å². The fourth-order valence-corrected chi connectivity index (χ4v) is 10.4. The lowest BCUT2D eigenvalue weighted by Crippen LogP contribution is -2.66. The molecule has 1 aliphatic heterocycles. The van der Waals surface area contributed by atoms with Crippen LogP contribution in [-0.2, 0) is 4.74 Å². The van der Waals surface area contributed by atoms with Gasteiger partial charge in [0.05, 0.1) is 6.04 Å². The smallest absolute Gasteiger partial charge is 0.410 e. The number of cyclic esters (lactones) is 1. The van der Waals surface area contributed by atoms with Gasteiger partial charge in [0.1, 0.15) is 5.60 Å². The van der Waals surface area contributed by atoms with E-state index in [1.54, 1.807) is 11.0 Å². The highest BCUT2D eigenvalue weighted by atomic mass is 28.4. The van der Waals surface area contributed by atoms with E-state index in [0.717, 1.165) is 16.8 Å². The Bertz CT molecular complexity index is 1130. The van der Waals surface area contributed by atoms with Gasteiger partial charge in [0.25, 0.3) is 8.32 Å². The number of hydrogen-bond acceptors (Lipinski definition) is 5. The van der Waals surface area contributed by atoms with Crippen LogP contribution in [0.15, 0.2) is 78.4 Å². The molecule has 216 valence electrons. The molecule has 3 N–H and O–H groups in total. The van der Waals surface area contributed by atoms with Crippen molar-refractivity contribution in [2.75, 3.05) is 13.1 Å². The van der Waals surface area contributed by atoms with E-state index in [2.05, 4.69) is 37.4 Å². The number of ether oxygens (including phenoxy) is 1. The van der Waals surface area contributed by atoms with Gasteiger partial charge in [-0.2, -0.15) is 0 Å². The highest BCUT2D eigenvalue weighted by Gasteiger charge is 2.59. The summed E-state index contributed by atoms with van der Waals surface area (Å²) in [5.41, 5.74) is 14.5.